The lowest BCUT2D eigenvalue weighted by atomic mass is 10.1. The number of nitrogens with zero attached hydrogens (tertiary/aromatic N) is 3. The third kappa shape index (κ3) is 4.38. The third-order valence-electron chi connectivity index (χ3n) is 4.29. The highest BCUT2D eigenvalue weighted by atomic mass is 32.1. The lowest BCUT2D eigenvalue weighted by Gasteiger charge is -2.11. The molecule has 148 valence electrons. The molecule has 0 radical (unpaired) electrons. The van der Waals surface area contributed by atoms with Crippen molar-refractivity contribution in [2.45, 2.75) is 6.42 Å². The standard InChI is InChI=1S/C21H20N4O3S/c1-26-17-6-5-14(12-18(17)27-2)7-8-22-19-13-15(16-4-3-10-28-16)24-20(25-19)21-23-9-11-29-21/h3-6,9-13H,7-8H2,1-2H3,(H,22,24,25). The molecule has 29 heavy (non-hydrogen) atoms. The summed E-state index contributed by atoms with van der Waals surface area (Å²) < 4.78 is 16.2. The minimum absolute atomic E-state index is 0.572. The molecule has 0 amide bonds. The van der Waals surface area contributed by atoms with Crippen LogP contribution in [0.4, 0.5) is 5.82 Å². The minimum Gasteiger partial charge on any atom is -0.493 e. The van der Waals surface area contributed by atoms with Gasteiger partial charge in [-0.05, 0) is 36.2 Å². The van der Waals surface area contributed by atoms with Gasteiger partial charge in [0.15, 0.2) is 28.1 Å². The first kappa shape index (κ1) is 18.9. The Kier molecular flexibility index (Phi) is 5.71. The summed E-state index contributed by atoms with van der Waals surface area (Å²) in [5, 5.41) is 6.05. The van der Waals surface area contributed by atoms with Crippen LogP contribution in [0.5, 0.6) is 11.5 Å². The van der Waals surface area contributed by atoms with Gasteiger partial charge in [0.2, 0.25) is 0 Å². The largest absolute Gasteiger partial charge is 0.493 e. The molecule has 0 saturated heterocycles. The molecule has 3 heterocycles. The van der Waals surface area contributed by atoms with Crippen molar-refractivity contribution in [1.82, 2.24) is 15.0 Å². The zero-order valence-electron chi connectivity index (χ0n) is 16.1. The van der Waals surface area contributed by atoms with Crippen LogP contribution in [0.1, 0.15) is 5.56 Å². The maximum atomic E-state index is 5.51. The molecule has 0 unspecified atom stereocenters. The van der Waals surface area contributed by atoms with Crippen molar-refractivity contribution < 1.29 is 13.9 Å². The zero-order chi connectivity index (χ0) is 20.1. The van der Waals surface area contributed by atoms with Gasteiger partial charge in [-0.2, -0.15) is 0 Å². The van der Waals surface area contributed by atoms with E-state index in [9.17, 15) is 0 Å². The molecule has 0 fully saturated rings. The molecule has 1 N–H and O–H groups in total. The van der Waals surface area contributed by atoms with Gasteiger partial charge in [-0.25, -0.2) is 15.0 Å². The van der Waals surface area contributed by atoms with Crippen molar-refractivity contribution in [1.29, 1.82) is 0 Å². The molecule has 0 spiro atoms. The summed E-state index contributed by atoms with van der Waals surface area (Å²) in [6.45, 7) is 0.696. The van der Waals surface area contributed by atoms with E-state index in [4.69, 9.17) is 13.9 Å². The maximum Gasteiger partial charge on any atom is 0.191 e. The van der Waals surface area contributed by atoms with E-state index in [2.05, 4.69) is 20.3 Å². The molecule has 7 nitrogen and oxygen atoms in total. The van der Waals surface area contributed by atoms with Gasteiger partial charge >= 0.3 is 0 Å². The summed E-state index contributed by atoms with van der Waals surface area (Å²) in [5.41, 5.74) is 1.85. The van der Waals surface area contributed by atoms with Crippen LogP contribution in [0.3, 0.4) is 0 Å². The summed E-state index contributed by atoms with van der Waals surface area (Å²) >= 11 is 1.50. The Morgan fingerprint density at radius 1 is 1.07 bits per heavy atom. The lowest BCUT2D eigenvalue weighted by molar-refractivity contribution is 0.354. The van der Waals surface area contributed by atoms with Crippen LogP contribution < -0.4 is 14.8 Å². The molecule has 0 aliphatic heterocycles. The van der Waals surface area contributed by atoms with Gasteiger partial charge < -0.3 is 19.2 Å². The molecule has 0 aliphatic rings. The Balaban J connectivity index is 1.52. The first-order valence-electron chi connectivity index (χ1n) is 9.04. The first-order chi connectivity index (χ1) is 14.3. The Morgan fingerprint density at radius 2 is 1.97 bits per heavy atom. The van der Waals surface area contributed by atoms with Gasteiger partial charge in [0.1, 0.15) is 11.5 Å². The molecule has 4 rings (SSSR count). The van der Waals surface area contributed by atoms with Gasteiger partial charge in [0.05, 0.1) is 20.5 Å². The highest BCUT2D eigenvalue weighted by molar-refractivity contribution is 7.13. The predicted octanol–water partition coefficient (Wildman–Crippen LogP) is 4.53. The van der Waals surface area contributed by atoms with Crippen LogP contribution >= 0.6 is 11.3 Å². The summed E-state index contributed by atoms with van der Waals surface area (Å²) in [5.74, 6) is 3.42. The van der Waals surface area contributed by atoms with Crippen molar-refractivity contribution in [2.24, 2.45) is 0 Å². The number of benzene rings is 1. The molecule has 0 aliphatic carbocycles. The van der Waals surface area contributed by atoms with E-state index in [-0.39, 0.29) is 0 Å². The second-order valence-corrected chi connectivity index (χ2v) is 7.04. The topological polar surface area (TPSA) is 82.3 Å². The maximum absolute atomic E-state index is 5.51. The molecule has 8 heteroatoms. The van der Waals surface area contributed by atoms with Gasteiger partial charge in [0.25, 0.3) is 0 Å². The second kappa shape index (κ2) is 8.74. The van der Waals surface area contributed by atoms with Crippen molar-refractivity contribution in [2.75, 3.05) is 26.1 Å². The van der Waals surface area contributed by atoms with Crippen LogP contribution in [-0.4, -0.2) is 35.7 Å². The van der Waals surface area contributed by atoms with E-state index in [0.717, 1.165) is 34.3 Å². The van der Waals surface area contributed by atoms with E-state index in [1.807, 2.05) is 41.8 Å². The summed E-state index contributed by atoms with van der Waals surface area (Å²) in [6.07, 6.45) is 4.17. The molecule has 4 aromatic rings. The fraction of sp³-hybridized carbons (Fsp3) is 0.190. The number of hydrogen-bond donors (Lipinski definition) is 1. The average molecular weight is 408 g/mol. The number of nitrogens with one attached hydrogen (secondary N) is 1. The molecular weight excluding hydrogens is 388 g/mol. The Morgan fingerprint density at radius 3 is 2.69 bits per heavy atom. The van der Waals surface area contributed by atoms with E-state index < -0.39 is 0 Å². The SMILES string of the molecule is COc1ccc(CCNc2cc(-c3ccco3)nc(-c3nccs3)n2)cc1OC. The molecule has 0 saturated carbocycles. The fourth-order valence-electron chi connectivity index (χ4n) is 2.89. The number of thiazole rings is 1. The normalized spacial score (nSPS) is 10.7. The highest BCUT2D eigenvalue weighted by Gasteiger charge is 2.12. The summed E-state index contributed by atoms with van der Waals surface area (Å²) in [4.78, 5) is 13.5. The molecule has 0 atom stereocenters. The Hall–Kier alpha value is -3.39. The second-order valence-electron chi connectivity index (χ2n) is 6.14. The number of methoxy groups -OCH3 is 2. The van der Waals surface area contributed by atoms with Gasteiger partial charge in [-0.1, -0.05) is 6.07 Å². The van der Waals surface area contributed by atoms with Gasteiger partial charge in [-0.3, -0.25) is 0 Å². The Bertz CT molecular complexity index is 1010. The van der Waals surface area contributed by atoms with E-state index in [0.29, 0.717) is 23.8 Å². The van der Waals surface area contributed by atoms with Gasteiger partial charge in [-0.15, -0.1) is 11.3 Å². The lowest BCUT2D eigenvalue weighted by Crippen LogP contribution is -2.08. The fourth-order valence-corrected chi connectivity index (χ4v) is 3.46. The van der Waals surface area contributed by atoms with Crippen LogP contribution in [0.2, 0.25) is 0 Å². The van der Waals surface area contributed by atoms with Crippen molar-refractivity contribution in [3.8, 4) is 33.8 Å². The van der Waals surface area contributed by atoms with Crippen molar-refractivity contribution in [3.63, 3.8) is 0 Å². The minimum atomic E-state index is 0.572. The van der Waals surface area contributed by atoms with Crippen molar-refractivity contribution >= 4 is 17.2 Å². The number of anilines is 1. The predicted molar refractivity (Wildman–Crippen MR) is 113 cm³/mol. The molecule has 1 aromatic carbocycles. The smallest absolute Gasteiger partial charge is 0.191 e. The molecule has 3 aromatic heterocycles. The zero-order valence-corrected chi connectivity index (χ0v) is 16.9. The van der Waals surface area contributed by atoms with Crippen molar-refractivity contribution in [3.05, 3.63) is 59.8 Å². The summed E-state index contributed by atoms with van der Waals surface area (Å²) in [6, 6.07) is 11.5. The number of hydrogen-bond acceptors (Lipinski definition) is 8. The Labute approximate surface area is 172 Å². The van der Waals surface area contributed by atoms with Crippen LogP contribution in [-0.2, 0) is 6.42 Å². The number of aromatic nitrogens is 3. The molecule has 0 bridgehead atoms. The monoisotopic (exact) mass is 408 g/mol. The quantitative estimate of drug-likeness (QED) is 0.458. The number of ether oxygens (including phenoxy) is 2. The van der Waals surface area contributed by atoms with E-state index in [1.165, 1.54) is 11.3 Å². The van der Waals surface area contributed by atoms with Crippen LogP contribution in [0.15, 0.2) is 58.7 Å². The van der Waals surface area contributed by atoms with Crippen LogP contribution in [0.25, 0.3) is 22.3 Å². The highest BCUT2D eigenvalue weighted by Crippen LogP contribution is 2.28. The first-order valence-corrected chi connectivity index (χ1v) is 9.92. The number of rotatable bonds is 8. The average Bonchev–Trinajstić information content (AvgIpc) is 3.47. The third-order valence-corrected chi connectivity index (χ3v) is 5.06. The van der Waals surface area contributed by atoms with E-state index in [1.54, 1.807) is 26.7 Å². The van der Waals surface area contributed by atoms with Gasteiger partial charge in [0, 0.05) is 24.2 Å². The van der Waals surface area contributed by atoms with E-state index >= 15 is 0 Å². The molecular formula is C21H20N4O3S. The number of furan rings is 1. The van der Waals surface area contributed by atoms with Crippen LogP contribution in [0, 0.1) is 0 Å². The summed E-state index contributed by atoms with van der Waals surface area (Å²) in [7, 11) is 3.27.